The molecule has 2 aliphatic heterocycles. The number of carbonyl (C=O) groups is 3. The zero-order valence-corrected chi connectivity index (χ0v) is 15.9. The van der Waals surface area contributed by atoms with Crippen LogP contribution >= 0.6 is 11.8 Å². The zero-order chi connectivity index (χ0) is 17.9. The molecule has 0 spiro atoms. The second-order valence-corrected chi connectivity index (χ2v) is 8.67. The van der Waals surface area contributed by atoms with E-state index in [1.807, 2.05) is 25.8 Å². The lowest BCUT2D eigenvalue weighted by molar-refractivity contribution is -0.184. The van der Waals surface area contributed by atoms with Crippen LogP contribution in [0.25, 0.3) is 0 Å². The average molecular weight is 356 g/mol. The van der Waals surface area contributed by atoms with E-state index < -0.39 is 11.6 Å². The maximum absolute atomic E-state index is 13.0. The first kappa shape index (κ1) is 19.2. The molecule has 136 valence electrons. The van der Waals surface area contributed by atoms with Crippen LogP contribution in [0.4, 0.5) is 0 Å². The van der Waals surface area contributed by atoms with Crippen molar-refractivity contribution in [2.45, 2.75) is 65.0 Å². The van der Waals surface area contributed by atoms with Gasteiger partial charge in [-0.3, -0.25) is 14.6 Å². The van der Waals surface area contributed by atoms with E-state index >= 15 is 0 Å². The van der Waals surface area contributed by atoms with Gasteiger partial charge in [-0.1, -0.05) is 11.8 Å². The van der Waals surface area contributed by atoms with Gasteiger partial charge in [0.15, 0.2) is 5.12 Å². The van der Waals surface area contributed by atoms with E-state index in [1.165, 1.54) is 18.7 Å². The summed E-state index contributed by atoms with van der Waals surface area (Å²) in [6, 6.07) is -0.548. The third-order valence-corrected chi connectivity index (χ3v) is 5.18. The van der Waals surface area contributed by atoms with Crippen LogP contribution in [0.2, 0.25) is 0 Å². The van der Waals surface area contributed by atoms with Crippen LogP contribution in [0.3, 0.4) is 0 Å². The lowest BCUT2D eigenvalue weighted by Crippen LogP contribution is -2.59. The van der Waals surface area contributed by atoms with Crippen molar-refractivity contribution in [3.63, 3.8) is 0 Å². The predicted molar refractivity (Wildman–Crippen MR) is 93.1 cm³/mol. The minimum Gasteiger partial charge on any atom is -0.458 e. The molecular weight excluding hydrogens is 328 g/mol. The summed E-state index contributed by atoms with van der Waals surface area (Å²) in [5.41, 5.74) is -0.571. The molecule has 0 aromatic rings. The SMILES string of the molecule is CC(=O)SC[C@H]1CCCN2CCC[C@@H](C(=O)OC(C)(C)C)N2C1=O. The van der Waals surface area contributed by atoms with E-state index in [2.05, 4.69) is 0 Å². The Hall–Kier alpha value is -1.08. The van der Waals surface area contributed by atoms with Gasteiger partial charge in [-0.05, 0) is 46.5 Å². The van der Waals surface area contributed by atoms with Gasteiger partial charge in [-0.15, -0.1) is 0 Å². The highest BCUT2D eigenvalue weighted by Crippen LogP contribution is 2.29. The van der Waals surface area contributed by atoms with Gasteiger partial charge >= 0.3 is 5.97 Å². The quantitative estimate of drug-likeness (QED) is 0.723. The van der Waals surface area contributed by atoms with E-state index in [-0.39, 0.29) is 22.9 Å². The molecular formula is C17H28N2O4S. The Morgan fingerprint density at radius 3 is 2.42 bits per heavy atom. The Morgan fingerprint density at radius 2 is 1.83 bits per heavy atom. The van der Waals surface area contributed by atoms with Crippen molar-refractivity contribution in [2.75, 3.05) is 18.8 Å². The number of fused-ring (bicyclic) bond motifs is 1. The molecule has 2 atom stereocenters. The van der Waals surface area contributed by atoms with Gasteiger partial charge in [0.2, 0.25) is 5.91 Å². The molecule has 1 amide bonds. The van der Waals surface area contributed by atoms with Gasteiger partial charge < -0.3 is 4.74 Å². The molecule has 0 N–H and O–H groups in total. The Bertz CT molecular complexity index is 503. The molecule has 24 heavy (non-hydrogen) atoms. The molecule has 0 unspecified atom stereocenters. The molecule has 7 heteroatoms. The van der Waals surface area contributed by atoms with E-state index in [4.69, 9.17) is 4.74 Å². The second kappa shape index (κ2) is 7.87. The monoisotopic (exact) mass is 356 g/mol. The van der Waals surface area contributed by atoms with Crippen LogP contribution in [0.15, 0.2) is 0 Å². The van der Waals surface area contributed by atoms with Gasteiger partial charge in [-0.25, -0.2) is 9.80 Å². The molecule has 0 bridgehead atoms. The van der Waals surface area contributed by atoms with Crippen LogP contribution in [-0.2, 0) is 19.1 Å². The van der Waals surface area contributed by atoms with Crippen molar-refractivity contribution in [1.29, 1.82) is 0 Å². The molecule has 2 fully saturated rings. The van der Waals surface area contributed by atoms with E-state index in [9.17, 15) is 14.4 Å². The number of hydrogen-bond donors (Lipinski definition) is 0. The summed E-state index contributed by atoms with van der Waals surface area (Å²) in [5, 5.41) is 3.65. The van der Waals surface area contributed by atoms with Crippen molar-refractivity contribution in [2.24, 2.45) is 5.92 Å². The predicted octanol–water partition coefficient (Wildman–Crippen LogP) is 2.23. The number of hydrogen-bond acceptors (Lipinski definition) is 6. The number of esters is 1. The van der Waals surface area contributed by atoms with Crippen molar-refractivity contribution >= 4 is 28.8 Å². The Kier molecular flexibility index (Phi) is 6.31. The van der Waals surface area contributed by atoms with E-state index in [1.54, 1.807) is 5.01 Å². The summed E-state index contributed by atoms with van der Waals surface area (Å²) in [7, 11) is 0. The second-order valence-electron chi connectivity index (χ2n) is 7.47. The largest absolute Gasteiger partial charge is 0.458 e. The zero-order valence-electron chi connectivity index (χ0n) is 15.0. The van der Waals surface area contributed by atoms with Crippen molar-refractivity contribution in [3.05, 3.63) is 0 Å². The summed E-state index contributed by atoms with van der Waals surface area (Å²) in [5.74, 6) is -0.108. The van der Waals surface area contributed by atoms with Crippen LogP contribution in [0.1, 0.15) is 53.4 Å². The fourth-order valence-corrected chi connectivity index (χ4v) is 3.94. The topological polar surface area (TPSA) is 66.9 Å². The number of nitrogens with zero attached hydrogens (tertiary/aromatic N) is 2. The first-order valence-electron chi connectivity index (χ1n) is 8.63. The van der Waals surface area contributed by atoms with Gasteiger partial charge in [0.25, 0.3) is 0 Å². The first-order valence-corrected chi connectivity index (χ1v) is 9.62. The average Bonchev–Trinajstić information content (AvgIpc) is 2.62. The van der Waals surface area contributed by atoms with E-state index in [0.29, 0.717) is 12.2 Å². The third-order valence-electron chi connectivity index (χ3n) is 4.20. The highest BCUT2D eigenvalue weighted by Gasteiger charge is 2.42. The number of amides is 1. The number of ether oxygens (including phenoxy) is 1. The van der Waals surface area contributed by atoms with Gasteiger partial charge in [-0.2, -0.15) is 0 Å². The maximum Gasteiger partial charge on any atom is 0.331 e. The molecule has 2 saturated heterocycles. The standard InChI is InChI=1S/C17H28N2O4S/c1-12(20)24-11-13-7-5-9-18-10-6-8-14(19(18)15(13)21)16(22)23-17(2,3)4/h13-14H,5-11H2,1-4H3/t13-,14+/m1/s1. The molecule has 0 radical (unpaired) electrons. The smallest absolute Gasteiger partial charge is 0.331 e. The van der Waals surface area contributed by atoms with E-state index in [0.717, 1.165) is 32.4 Å². The van der Waals surface area contributed by atoms with Gasteiger partial charge in [0.1, 0.15) is 11.6 Å². The fraction of sp³-hybridized carbons (Fsp3) is 0.824. The minimum absolute atomic E-state index is 0.0197. The van der Waals surface area contributed by atoms with Crippen LogP contribution < -0.4 is 0 Å². The molecule has 6 nitrogen and oxygen atoms in total. The number of hydrazine groups is 1. The summed E-state index contributed by atoms with van der Waals surface area (Å²) in [4.78, 5) is 36.9. The fourth-order valence-electron chi connectivity index (χ4n) is 3.20. The molecule has 0 saturated carbocycles. The Balaban J connectivity index is 2.16. The first-order chi connectivity index (χ1) is 11.2. The highest BCUT2D eigenvalue weighted by molar-refractivity contribution is 8.13. The third kappa shape index (κ3) is 4.96. The molecule has 2 heterocycles. The minimum atomic E-state index is -0.571. The summed E-state index contributed by atoms with van der Waals surface area (Å²) in [6.07, 6.45) is 3.16. The Labute approximate surface area is 148 Å². The molecule has 0 aromatic carbocycles. The summed E-state index contributed by atoms with van der Waals surface area (Å²) >= 11 is 1.19. The lowest BCUT2D eigenvalue weighted by atomic mass is 10.0. The van der Waals surface area contributed by atoms with Gasteiger partial charge in [0, 0.05) is 31.7 Å². The number of rotatable bonds is 3. The van der Waals surface area contributed by atoms with Crippen molar-refractivity contribution in [1.82, 2.24) is 10.0 Å². The molecule has 2 aliphatic rings. The summed E-state index contributed by atoms with van der Waals surface area (Å²) in [6.45, 7) is 8.58. The van der Waals surface area contributed by atoms with Crippen molar-refractivity contribution < 1.29 is 19.1 Å². The van der Waals surface area contributed by atoms with Gasteiger partial charge in [0.05, 0.1) is 0 Å². The number of thioether (sulfide) groups is 1. The lowest BCUT2D eigenvalue weighted by Gasteiger charge is -2.43. The maximum atomic E-state index is 13.0. The summed E-state index contributed by atoms with van der Waals surface area (Å²) < 4.78 is 5.53. The van der Waals surface area contributed by atoms with Crippen LogP contribution in [-0.4, -0.2) is 57.5 Å². The van der Waals surface area contributed by atoms with Crippen molar-refractivity contribution in [3.8, 4) is 0 Å². The number of carbonyl (C=O) groups excluding carboxylic acids is 3. The molecule has 2 rings (SSSR count). The Morgan fingerprint density at radius 1 is 1.21 bits per heavy atom. The molecule has 0 aliphatic carbocycles. The molecule has 0 aromatic heterocycles. The van der Waals surface area contributed by atoms with Crippen LogP contribution in [0.5, 0.6) is 0 Å². The normalized spacial score (nSPS) is 25.8. The van der Waals surface area contributed by atoms with Crippen LogP contribution in [0, 0.1) is 5.92 Å². The highest BCUT2D eigenvalue weighted by atomic mass is 32.2.